The molecule has 34 heavy (non-hydrogen) atoms. The zero-order chi connectivity index (χ0) is 24.5. The summed E-state index contributed by atoms with van der Waals surface area (Å²) in [4.78, 5) is 54.4. The predicted octanol–water partition coefficient (Wildman–Crippen LogP) is 3.85. The Morgan fingerprint density at radius 2 is 1.68 bits per heavy atom. The lowest BCUT2D eigenvalue weighted by molar-refractivity contribution is -0.140. The fourth-order valence-corrected chi connectivity index (χ4v) is 6.43. The summed E-state index contributed by atoms with van der Waals surface area (Å²) in [6.45, 7) is 7.62. The number of benzene rings is 1. The molecule has 0 aromatic heterocycles. The maximum absolute atomic E-state index is 13.4. The van der Waals surface area contributed by atoms with E-state index in [0.717, 1.165) is 11.1 Å². The Kier molecular flexibility index (Phi) is 5.23. The normalized spacial score (nSPS) is 28.5. The third kappa shape index (κ3) is 3.07. The van der Waals surface area contributed by atoms with Crippen LogP contribution in [0.5, 0.6) is 5.75 Å². The summed E-state index contributed by atoms with van der Waals surface area (Å²) in [6, 6.07) is 3.72. The summed E-state index contributed by atoms with van der Waals surface area (Å²) < 4.78 is 0. The van der Waals surface area contributed by atoms with Crippen LogP contribution in [0.3, 0.4) is 0 Å². The van der Waals surface area contributed by atoms with E-state index in [9.17, 15) is 24.3 Å². The fraction of sp³-hybridized carbons (Fsp3) is 0.429. The number of hydrogen-bond donors (Lipinski definition) is 1. The molecule has 6 heteroatoms. The second-order valence-electron chi connectivity index (χ2n) is 10.1. The first-order valence-corrected chi connectivity index (χ1v) is 12.0. The summed E-state index contributed by atoms with van der Waals surface area (Å²) in [7, 11) is 0. The van der Waals surface area contributed by atoms with Crippen LogP contribution in [0.2, 0.25) is 0 Å². The van der Waals surface area contributed by atoms with Crippen LogP contribution in [0.25, 0.3) is 0 Å². The number of nitrogens with zero attached hydrogens (tertiary/aromatic N) is 1. The third-order valence-corrected chi connectivity index (χ3v) is 7.95. The Morgan fingerprint density at radius 3 is 2.32 bits per heavy atom. The Morgan fingerprint density at radius 1 is 1.00 bits per heavy atom. The maximum atomic E-state index is 13.4. The fourth-order valence-electron chi connectivity index (χ4n) is 6.43. The molecule has 1 saturated heterocycles. The number of aryl methyl sites for hydroxylation is 2. The van der Waals surface area contributed by atoms with Crippen LogP contribution in [0.15, 0.2) is 46.6 Å². The average Bonchev–Trinajstić information content (AvgIpc) is 3.04. The van der Waals surface area contributed by atoms with Crippen molar-refractivity contribution in [2.75, 3.05) is 6.54 Å². The Labute approximate surface area is 199 Å². The first kappa shape index (κ1) is 22.5. The molecule has 2 amide bonds. The lowest BCUT2D eigenvalue weighted by Gasteiger charge is -2.42. The molecule has 1 aromatic carbocycles. The number of ketones is 2. The Balaban J connectivity index is 1.70. The van der Waals surface area contributed by atoms with E-state index in [1.165, 1.54) is 11.0 Å². The molecule has 4 atom stereocenters. The van der Waals surface area contributed by atoms with Gasteiger partial charge in [0.2, 0.25) is 11.8 Å². The monoisotopic (exact) mass is 459 g/mol. The van der Waals surface area contributed by atoms with E-state index in [2.05, 4.69) is 0 Å². The number of fused-ring (bicyclic) bond motifs is 3. The number of rotatable bonds is 3. The second-order valence-corrected chi connectivity index (χ2v) is 10.1. The number of phenolic OH excluding ortho intramolecular Hbond substituents is 1. The van der Waals surface area contributed by atoms with Crippen LogP contribution >= 0.6 is 0 Å². The molecule has 3 aliphatic carbocycles. The topological polar surface area (TPSA) is 91.8 Å². The van der Waals surface area contributed by atoms with E-state index in [0.29, 0.717) is 53.7 Å². The highest BCUT2D eigenvalue weighted by molar-refractivity contribution is 6.23. The third-order valence-electron chi connectivity index (χ3n) is 7.95. The van der Waals surface area contributed by atoms with Gasteiger partial charge >= 0.3 is 0 Å². The molecule has 1 aliphatic heterocycles. The molecule has 1 fully saturated rings. The van der Waals surface area contributed by atoms with Gasteiger partial charge in [0, 0.05) is 29.2 Å². The van der Waals surface area contributed by atoms with Crippen LogP contribution in [-0.2, 0) is 19.2 Å². The van der Waals surface area contributed by atoms with Crippen molar-refractivity contribution in [2.45, 2.75) is 52.9 Å². The lowest BCUT2D eigenvalue weighted by Crippen LogP contribution is -2.39. The van der Waals surface area contributed by atoms with Crippen molar-refractivity contribution in [2.24, 2.45) is 17.8 Å². The van der Waals surface area contributed by atoms with E-state index in [-0.39, 0.29) is 35.0 Å². The van der Waals surface area contributed by atoms with E-state index >= 15 is 0 Å². The number of carbonyl (C=O) groups is 4. The largest absolute Gasteiger partial charge is 0.507 e. The van der Waals surface area contributed by atoms with Crippen molar-refractivity contribution in [3.8, 4) is 5.75 Å². The number of amides is 2. The molecular weight excluding hydrogens is 430 g/mol. The first-order chi connectivity index (χ1) is 16.1. The Bertz CT molecular complexity index is 1240. The second kappa shape index (κ2) is 7.90. The minimum Gasteiger partial charge on any atom is -0.507 e. The van der Waals surface area contributed by atoms with Crippen LogP contribution in [0.1, 0.15) is 55.7 Å². The molecule has 176 valence electrons. The highest BCUT2D eigenvalue weighted by Gasteiger charge is 2.56. The predicted molar refractivity (Wildman–Crippen MR) is 126 cm³/mol. The summed E-state index contributed by atoms with van der Waals surface area (Å²) >= 11 is 0. The molecule has 4 unspecified atom stereocenters. The van der Waals surface area contributed by atoms with E-state index < -0.39 is 17.8 Å². The summed E-state index contributed by atoms with van der Waals surface area (Å²) in [5, 5.41) is 10.3. The van der Waals surface area contributed by atoms with E-state index in [4.69, 9.17) is 0 Å². The lowest BCUT2D eigenvalue weighted by atomic mass is 9.59. The number of imide groups is 1. The molecule has 1 N–H and O–H groups in total. The molecule has 0 spiro atoms. The van der Waals surface area contributed by atoms with Crippen LogP contribution < -0.4 is 0 Å². The van der Waals surface area contributed by atoms with Crippen LogP contribution in [0, 0.1) is 31.6 Å². The standard InChI is InChI=1S/C28H29NO5/c1-5-8-29-27(33)18-7-6-17-19(23(18)28(29)34)12-20-24(21(30)11-15(4)26(20)32)22(17)16-9-13(2)25(31)14(3)10-16/h6,9-11,18-19,22-23,31H,5,7-8,12H2,1-4H3. The average molecular weight is 460 g/mol. The number of allylic oxidation sites excluding steroid dienone is 6. The molecule has 1 heterocycles. The van der Waals surface area contributed by atoms with Crippen LogP contribution in [-0.4, -0.2) is 39.9 Å². The summed E-state index contributed by atoms with van der Waals surface area (Å²) in [6.07, 6.45) is 4.88. The van der Waals surface area contributed by atoms with Gasteiger partial charge in [0.1, 0.15) is 5.75 Å². The van der Waals surface area contributed by atoms with Gasteiger partial charge in [0.15, 0.2) is 11.6 Å². The van der Waals surface area contributed by atoms with Gasteiger partial charge in [-0.2, -0.15) is 0 Å². The van der Waals surface area contributed by atoms with Crippen molar-refractivity contribution >= 4 is 23.4 Å². The highest BCUT2D eigenvalue weighted by atomic mass is 16.3. The van der Waals surface area contributed by atoms with Gasteiger partial charge in [-0.1, -0.05) is 30.7 Å². The van der Waals surface area contributed by atoms with Crippen molar-refractivity contribution < 1.29 is 24.3 Å². The number of likely N-dealkylation sites (tertiary alicyclic amines) is 1. The first-order valence-electron chi connectivity index (χ1n) is 12.0. The summed E-state index contributed by atoms with van der Waals surface area (Å²) in [5.41, 5.74) is 4.50. The smallest absolute Gasteiger partial charge is 0.233 e. The number of aromatic hydroxyl groups is 1. The highest BCUT2D eigenvalue weighted by Crippen LogP contribution is 2.55. The molecule has 6 nitrogen and oxygen atoms in total. The van der Waals surface area contributed by atoms with Crippen LogP contribution in [0.4, 0.5) is 0 Å². The molecule has 0 radical (unpaired) electrons. The zero-order valence-corrected chi connectivity index (χ0v) is 20.0. The minimum atomic E-state index is -0.510. The minimum absolute atomic E-state index is 0.123. The van der Waals surface area contributed by atoms with Gasteiger partial charge in [0.25, 0.3) is 0 Å². The summed E-state index contributed by atoms with van der Waals surface area (Å²) in [5.74, 6) is -2.12. The van der Waals surface area contributed by atoms with Gasteiger partial charge < -0.3 is 5.11 Å². The molecule has 0 bridgehead atoms. The molecule has 5 rings (SSSR count). The SMILES string of the molecule is CCCN1C(=O)C2CC=C3C(c4cc(C)c(O)c(C)c4)C4=C(CC3C2C1=O)C(=O)C(C)=CC4=O. The van der Waals surface area contributed by atoms with E-state index in [1.807, 2.05) is 39.0 Å². The quantitative estimate of drug-likeness (QED) is 0.421. The molecule has 0 saturated carbocycles. The van der Waals surface area contributed by atoms with Gasteiger partial charge in [-0.25, -0.2) is 0 Å². The van der Waals surface area contributed by atoms with Crippen molar-refractivity contribution in [3.63, 3.8) is 0 Å². The van der Waals surface area contributed by atoms with Gasteiger partial charge in [-0.15, -0.1) is 0 Å². The van der Waals surface area contributed by atoms with Gasteiger partial charge in [0.05, 0.1) is 11.8 Å². The van der Waals surface area contributed by atoms with Gasteiger partial charge in [-0.05, 0) is 68.7 Å². The zero-order valence-electron chi connectivity index (χ0n) is 20.0. The van der Waals surface area contributed by atoms with E-state index in [1.54, 1.807) is 6.92 Å². The molecular formula is C28H29NO5. The van der Waals surface area contributed by atoms with Crippen molar-refractivity contribution in [3.05, 3.63) is 63.3 Å². The molecule has 1 aromatic rings. The maximum Gasteiger partial charge on any atom is 0.233 e. The number of hydrogen-bond acceptors (Lipinski definition) is 5. The number of phenols is 1. The van der Waals surface area contributed by atoms with Crippen molar-refractivity contribution in [1.82, 2.24) is 4.90 Å². The Hall–Kier alpha value is -3.28. The van der Waals surface area contributed by atoms with Crippen molar-refractivity contribution in [1.29, 1.82) is 0 Å². The van der Waals surface area contributed by atoms with Gasteiger partial charge in [-0.3, -0.25) is 24.1 Å². The molecule has 4 aliphatic rings. The number of Topliss-reactive ketones (excluding diaryl/α,β-unsaturated/α-hetero) is 1. The number of carbonyl (C=O) groups excluding carboxylic acids is 4.